The van der Waals surface area contributed by atoms with Crippen LogP contribution in [0.1, 0.15) is 37.0 Å². The lowest BCUT2D eigenvalue weighted by molar-refractivity contribution is -0.131. The third-order valence-electron chi connectivity index (χ3n) is 4.13. The van der Waals surface area contributed by atoms with E-state index in [9.17, 15) is 4.79 Å². The average Bonchev–Trinajstić information content (AvgIpc) is 2.68. The van der Waals surface area contributed by atoms with Gasteiger partial charge in [0, 0.05) is 24.9 Å². The Bertz CT molecular complexity index is 898. The number of carbonyl (C=O) groups excluding carboxylic acids is 1. The second kappa shape index (κ2) is 8.26. The van der Waals surface area contributed by atoms with Gasteiger partial charge in [0.1, 0.15) is 5.75 Å². The Hall–Kier alpha value is -3.20. The zero-order chi connectivity index (χ0) is 18.4. The first-order valence-corrected chi connectivity index (χ1v) is 8.67. The van der Waals surface area contributed by atoms with E-state index in [-0.39, 0.29) is 5.97 Å². The summed E-state index contributed by atoms with van der Waals surface area (Å²) in [7, 11) is 0. The molecule has 0 saturated carbocycles. The molecule has 1 aromatic heterocycles. The highest BCUT2D eigenvalue weighted by atomic mass is 16.5. The van der Waals surface area contributed by atoms with Crippen molar-refractivity contribution in [2.24, 2.45) is 0 Å². The maximum atomic E-state index is 11.2. The molecular weight excluding hydrogens is 322 g/mol. The fourth-order valence-electron chi connectivity index (χ4n) is 3.05. The molecule has 0 N–H and O–H groups in total. The number of rotatable bonds is 5. The zero-order valence-electron chi connectivity index (χ0n) is 15.0. The summed E-state index contributed by atoms with van der Waals surface area (Å²) in [5.41, 5.74) is 5.71. The molecule has 0 aliphatic carbocycles. The van der Waals surface area contributed by atoms with Crippen LogP contribution in [-0.2, 0) is 4.79 Å². The number of hydrogen-bond acceptors (Lipinski definition) is 3. The first-order valence-electron chi connectivity index (χ1n) is 8.67. The molecule has 0 bridgehead atoms. The standard InChI is InChI=1S/C23H21NO2/c1-3-22(18-8-5-4-6-9-18)23(20-10-7-15-24-16-20)19-11-13-21(14-12-19)26-17(2)25/h4-16H,3H2,1-2H3/b23-22+. The number of hydrogen-bond donors (Lipinski definition) is 0. The number of ether oxygens (including phenoxy) is 1. The largest absolute Gasteiger partial charge is 0.427 e. The normalized spacial score (nSPS) is 11.6. The van der Waals surface area contributed by atoms with Crippen LogP contribution in [0.25, 0.3) is 11.1 Å². The molecule has 26 heavy (non-hydrogen) atoms. The van der Waals surface area contributed by atoms with Crippen molar-refractivity contribution in [3.63, 3.8) is 0 Å². The monoisotopic (exact) mass is 343 g/mol. The Morgan fingerprint density at radius 3 is 2.15 bits per heavy atom. The second-order valence-corrected chi connectivity index (χ2v) is 5.93. The van der Waals surface area contributed by atoms with Crippen LogP contribution in [0.5, 0.6) is 5.75 Å². The van der Waals surface area contributed by atoms with Crippen molar-refractivity contribution in [2.75, 3.05) is 0 Å². The molecule has 0 aliphatic heterocycles. The van der Waals surface area contributed by atoms with Gasteiger partial charge in [-0.25, -0.2) is 0 Å². The van der Waals surface area contributed by atoms with E-state index < -0.39 is 0 Å². The molecule has 3 heteroatoms. The Labute approximate surface area is 154 Å². The third kappa shape index (κ3) is 4.06. The number of pyridine rings is 1. The molecule has 0 unspecified atom stereocenters. The molecule has 2 aromatic carbocycles. The van der Waals surface area contributed by atoms with Gasteiger partial charge in [-0.05, 0) is 46.9 Å². The lowest BCUT2D eigenvalue weighted by Gasteiger charge is -2.16. The third-order valence-corrected chi connectivity index (χ3v) is 4.13. The summed E-state index contributed by atoms with van der Waals surface area (Å²) in [5, 5.41) is 0. The summed E-state index contributed by atoms with van der Waals surface area (Å²) >= 11 is 0. The molecule has 0 radical (unpaired) electrons. The fourth-order valence-corrected chi connectivity index (χ4v) is 3.05. The van der Waals surface area contributed by atoms with Gasteiger partial charge in [-0.3, -0.25) is 9.78 Å². The quantitative estimate of drug-likeness (QED) is 0.355. The van der Waals surface area contributed by atoms with Crippen molar-refractivity contribution in [2.45, 2.75) is 20.3 Å². The summed E-state index contributed by atoms with van der Waals surface area (Å²) in [6, 6.07) is 22.0. The van der Waals surface area contributed by atoms with E-state index in [1.165, 1.54) is 18.1 Å². The highest BCUT2D eigenvalue weighted by Crippen LogP contribution is 2.34. The van der Waals surface area contributed by atoms with Gasteiger partial charge >= 0.3 is 5.97 Å². The van der Waals surface area contributed by atoms with Crippen LogP contribution in [0.2, 0.25) is 0 Å². The number of esters is 1. The second-order valence-electron chi connectivity index (χ2n) is 5.93. The minimum absolute atomic E-state index is 0.320. The molecule has 0 amide bonds. The molecule has 0 saturated heterocycles. The van der Waals surface area contributed by atoms with Crippen LogP contribution in [-0.4, -0.2) is 11.0 Å². The number of allylic oxidation sites excluding steroid dienone is 1. The minimum atomic E-state index is -0.320. The van der Waals surface area contributed by atoms with Crippen LogP contribution in [0.15, 0.2) is 79.1 Å². The summed E-state index contributed by atoms with van der Waals surface area (Å²) < 4.78 is 5.16. The number of benzene rings is 2. The van der Waals surface area contributed by atoms with E-state index >= 15 is 0 Å². The van der Waals surface area contributed by atoms with Gasteiger partial charge in [0.15, 0.2) is 0 Å². The minimum Gasteiger partial charge on any atom is -0.427 e. The maximum Gasteiger partial charge on any atom is 0.308 e. The number of carbonyl (C=O) groups is 1. The summed E-state index contributed by atoms with van der Waals surface area (Å²) in [6.07, 6.45) is 4.55. The summed E-state index contributed by atoms with van der Waals surface area (Å²) in [6.45, 7) is 3.56. The van der Waals surface area contributed by atoms with Crippen molar-refractivity contribution in [1.29, 1.82) is 0 Å². The van der Waals surface area contributed by atoms with Crippen LogP contribution < -0.4 is 4.74 Å². The lowest BCUT2D eigenvalue weighted by atomic mass is 9.89. The van der Waals surface area contributed by atoms with Crippen molar-refractivity contribution in [3.8, 4) is 5.75 Å². The Morgan fingerprint density at radius 1 is 0.885 bits per heavy atom. The highest BCUT2D eigenvalue weighted by Gasteiger charge is 2.13. The predicted molar refractivity (Wildman–Crippen MR) is 105 cm³/mol. The van der Waals surface area contributed by atoms with Gasteiger partial charge in [-0.2, -0.15) is 0 Å². The predicted octanol–water partition coefficient (Wildman–Crippen LogP) is 5.38. The van der Waals surface area contributed by atoms with E-state index in [0.717, 1.165) is 23.1 Å². The van der Waals surface area contributed by atoms with Gasteiger partial charge in [0.05, 0.1) is 0 Å². The number of nitrogens with zero attached hydrogens (tertiary/aromatic N) is 1. The molecule has 0 spiro atoms. The molecule has 3 nitrogen and oxygen atoms in total. The summed E-state index contributed by atoms with van der Waals surface area (Å²) in [5.74, 6) is 0.226. The number of aromatic nitrogens is 1. The fraction of sp³-hybridized carbons (Fsp3) is 0.130. The van der Waals surface area contributed by atoms with Crippen molar-refractivity contribution in [3.05, 3.63) is 95.8 Å². The first kappa shape index (κ1) is 17.6. The van der Waals surface area contributed by atoms with Gasteiger partial charge in [0.25, 0.3) is 0 Å². The Kier molecular flexibility index (Phi) is 5.59. The molecule has 1 heterocycles. The molecule has 3 aromatic rings. The van der Waals surface area contributed by atoms with Crippen LogP contribution in [0.3, 0.4) is 0 Å². The van der Waals surface area contributed by atoms with Gasteiger partial charge in [0.2, 0.25) is 0 Å². The SMILES string of the molecule is CC/C(=C(/c1ccc(OC(C)=O)cc1)c1cccnc1)c1ccccc1. The van der Waals surface area contributed by atoms with Gasteiger partial charge in [-0.15, -0.1) is 0 Å². The zero-order valence-corrected chi connectivity index (χ0v) is 15.0. The van der Waals surface area contributed by atoms with Crippen molar-refractivity contribution < 1.29 is 9.53 Å². The molecular formula is C23H21NO2. The Morgan fingerprint density at radius 2 is 1.58 bits per heavy atom. The molecule has 3 rings (SSSR count). The maximum absolute atomic E-state index is 11.2. The highest BCUT2D eigenvalue weighted by molar-refractivity contribution is 5.98. The topological polar surface area (TPSA) is 39.2 Å². The van der Waals surface area contributed by atoms with Gasteiger partial charge < -0.3 is 4.74 Å². The molecule has 0 atom stereocenters. The van der Waals surface area contributed by atoms with Crippen LogP contribution in [0, 0.1) is 0 Å². The molecule has 130 valence electrons. The molecule has 0 aliphatic rings. The van der Waals surface area contributed by atoms with Gasteiger partial charge in [-0.1, -0.05) is 55.5 Å². The smallest absolute Gasteiger partial charge is 0.308 e. The lowest BCUT2D eigenvalue weighted by Crippen LogP contribution is -2.01. The summed E-state index contributed by atoms with van der Waals surface area (Å²) in [4.78, 5) is 15.4. The van der Waals surface area contributed by atoms with E-state index in [1.54, 1.807) is 6.20 Å². The van der Waals surface area contributed by atoms with Crippen LogP contribution in [0.4, 0.5) is 0 Å². The average molecular weight is 343 g/mol. The van der Waals surface area contributed by atoms with E-state index in [0.29, 0.717) is 5.75 Å². The van der Waals surface area contributed by atoms with E-state index in [2.05, 4.69) is 42.2 Å². The van der Waals surface area contributed by atoms with Crippen LogP contribution >= 0.6 is 0 Å². The van der Waals surface area contributed by atoms with E-state index in [4.69, 9.17) is 4.74 Å². The molecule has 0 fully saturated rings. The van der Waals surface area contributed by atoms with E-state index in [1.807, 2.05) is 42.6 Å². The Balaban J connectivity index is 2.16. The van der Waals surface area contributed by atoms with Crippen molar-refractivity contribution in [1.82, 2.24) is 4.98 Å². The first-order chi connectivity index (χ1) is 12.7. The van der Waals surface area contributed by atoms with Crippen molar-refractivity contribution >= 4 is 17.1 Å².